The Morgan fingerprint density at radius 1 is 0.960 bits per heavy atom. The van der Waals surface area contributed by atoms with E-state index in [-0.39, 0.29) is 19.1 Å². The van der Waals surface area contributed by atoms with Gasteiger partial charge in [0.2, 0.25) is 0 Å². The summed E-state index contributed by atoms with van der Waals surface area (Å²) in [6, 6.07) is 16.3. The van der Waals surface area contributed by atoms with E-state index in [0.717, 1.165) is 17.5 Å². The lowest BCUT2D eigenvalue weighted by molar-refractivity contribution is -0.142. The van der Waals surface area contributed by atoms with Gasteiger partial charge in [-0.1, -0.05) is 55.5 Å². The summed E-state index contributed by atoms with van der Waals surface area (Å²) in [5.41, 5.74) is 4.66. The van der Waals surface area contributed by atoms with Crippen LogP contribution in [0.2, 0.25) is 0 Å². The maximum Gasteiger partial charge on any atom is 0.407 e. The molecule has 0 aliphatic heterocycles. The largest absolute Gasteiger partial charge is 0.464 e. The van der Waals surface area contributed by atoms with Gasteiger partial charge in [-0.15, -0.1) is 0 Å². The lowest BCUT2D eigenvalue weighted by Gasteiger charge is -2.14. The number of esters is 1. The van der Waals surface area contributed by atoms with Gasteiger partial charge in [0.05, 0.1) is 6.61 Å². The van der Waals surface area contributed by atoms with Gasteiger partial charge in [-0.25, -0.2) is 4.79 Å². The van der Waals surface area contributed by atoms with Crippen LogP contribution in [0.25, 0.3) is 11.1 Å². The Bertz CT molecular complexity index is 726. The fraction of sp³-hybridized carbons (Fsp3) is 0.300. The predicted octanol–water partition coefficient (Wildman–Crippen LogP) is 3.48. The normalized spacial score (nSPS) is 12.2. The number of rotatable bonds is 6. The van der Waals surface area contributed by atoms with E-state index < -0.39 is 12.1 Å². The summed E-state index contributed by atoms with van der Waals surface area (Å²) in [4.78, 5) is 23.3. The molecule has 1 aliphatic rings. The standard InChI is InChI=1S/C20H21NO4/c1-2-11-24-19(22)12-21-20(23)25-13-18-16-9-5-3-7-14(16)15-8-4-6-10-17(15)18/h3-10,18H,2,11-13H2,1H3,(H,21,23). The smallest absolute Gasteiger partial charge is 0.407 e. The topological polar surface area (TPSA) is 64.6 Å². The molecule has 25 heavy (non-hydrogen) atoms. The Morgan fingerprint density at radius 3 is 2.16 bits per heavy atom. The first kappa shape index (κ1) is 17.0. The van der Waals surface area contributed by atoms with E-state index >= 15 is 0 Å². The van der Waals surface area contributed by atoms with Crippen molar-refractivity contribution in [2.24, 2.45) is 0 Å². The molecule has 1 amide bonds. The number of benzene rings is 2. The zero-order valence-corrected chi connectivity index (χ0v) is 14.2. The number of fused-ring (bicyclic) bond motifs is 3. The van der Waals surface area contributed by atoms with E-state index in [2.05, 4.69) is 29.6 Å². The first-order chi connectivity index (χ1) is 12.2. The molecule has 0 aromatic heterocycles. The fourth-order valence-corrected chi connectivity index (χ4v) is 3.06. The molecular formula is C20H21NO4. The van der Waals surface area contributed by atoms with Crippen LogP contribution in [0.5, 0.6) is 0 Å². The van der Waals surface area contributed by atoms with Crippen molar-refractivity contribution >= 4 is 12.1 Å². The molecule has 0 bridgehead atoms. The summed E-state index contributed by atoms with van der Waals surface area (Å²) < 4.78 is 10.2. The lowest BCUT2D eigenvalue weighted by atomic mass is 9.98. The molecule has 0 fully saturated rings. The molecule has 0 saturated carbocycles. The Balaban J connectivity index is 1.60. The SMILES string of the molecule is CCCOC(=O)CNC(=O)OCC1c2ccccc2-c2ccccc21. The van der Waals surface area contributed by atoms with E-state index in [4.69, 9.17) is 9.47 Å². The molecule has 1 aliphatic carbocycles. The quantitative estimate of drug-likeness (QED) is 0.819. The van der Waals surface area contributed by atoms with Gasteiger partial charge in [0.25, 0.3) is 0 Å². The lowest BCUT2D eigenvalue weighted by Crippen LogP contribution is -2.32. The minimum Gasteiger partial charge on any atom is -0.464 e. The molecule has 0 radical (unpaired) electrons. The van der Waals surface area contributed by atoms with Crippen LogP contribution in [0.4, 0.5) is 4.79 Å². The van der Waals surface area contributed by atoms with Crippen molar-refractivity contribution in [1.29, 1.82) is 0 Å². The average Bonchev–Trinajstić information content (AvgIpc) is 2.97. The van der Waals surface area contributed by atoms with Crippen LogP contribution in [0.3, 0.4) is 0 Å². The summed E-state index contributed by atoms with van der Waals surface area (Å²) >= 11 is 0. The van der Waals surface area contributed by atoms with Gasteiger partial charge in [-0.05, 0) is 28.7 Å². The van der Waals surface area contributed by atoms with Crippen LogP contribution in [0, 0.1) is 0 Å². The zero-order valence-electron chi connectivity index (χ0n) is 14.2. The van der Waals surface area contributed by atoms with Gasteiger partial charge in [-0.3, -0.25) is 4.79 Å². The summed E-state index contributed by atoms with van der Waals surface area (Å²) in [5, 5.41) is 2.43. The van der Waals surface area contributed by atoms with Crippen molar-refractivity contribution in [2.75, 3.05) is 19.8 Å². The predicted molar refractivity (Wildman–Crippen MR) is 94.3 cm³/mol. The Hall–Kier alpha value is -2.82. The van der Waals surface area contributed by atoms with Crippen LogP contribution in [-0.2, 0) is 14.3 Å². The van der Waals surface area contributed by atoms with Crippen molar-refractivity contribution in [3.05, 3.63) is 59.7 Å². The number of alkyl carbamates (subject to hydrolysis) is 1. The van der Waals surface area contributed by atoms with E-state index in [9.17, 15) is 9.59 Å². The Labute approximate surface area is 147 Å². The molecule has 1 N–H and O–H groups in total. The minimum absolute atomic E-state index is 0.00481. The third kappa shape index (κ3) is 3.82. The minimum atomic E-state index is -0.615. The molecule has 0 heterocycles. The number of carbonyl (C=O) groups is 2. The van der Waals surface area contributed by atoms with Gasteiger partial charge in [0, 0.05) is 5.92 Å². The van der Waals surface area contributed by atoms with Gasteiger partial charge in [-0.2, -0.15) is 0 Å². The second kappa shape index (κ2) is 7.83. The van der Waals surface area contributed by atoms with Crippen molar-refractivity contribution in [3.63, 3.8) is 0 Å². The molecule has 130 valence electrons. The van der Waals surface area contributed by atoms with Crippen molar-refractivity contribution in [2.45, 2.75) is 19.3 Å². The maximum absolute atomic E-state index is 11.9. The van der Waals surface area contributed by atoms with E-state index in [0.29, 0.717) is 6.61 Å². The van der Waals surface area contributed by atoms with Crippen LogP contribution in [0.15, 0.2) is 48.5 Å². The number of hydrogen-bond donors (Lipinski definition) is 1. The maximum atomic E-state index is 11.9. The number of ether oxygens (including phenoxy) is 2. The Kier molecular flexibility index (Phi) is 5.33. The van der Waals surface area contributed by atoms with Crippen molar-refractivity contribution in [3.8, 4) is 11.1 Å². The molecule has 2 aromatic carbocycles. The van der Waals surface area contributed by atoms with E-state index in [1.165, 1.54) is 11.1 Å². The molecule has 5 nitrogen and oxygen atoms in total. The van der Waals surface area contributed by atoms with Crippen LogP contribution in [-0.4, -0.2) is 31.8 Å². The number of hydrogen-bond acceptors (Lipinski definition) is 4. The number of carbonyl (C=O) groups excluding carboxylic acids is 2. The number of nitrogens with one attached hydrogen (secondary N) is 1. The van der Waals surface area contributed by atoms with Crippen LogP contribution < -0.4 is 5.32 Å². The third-order valence-electron chi connectivity index (χ3n) is 4.19. The third-order valence-corrected chi connectivity index (χ3v) is 4.19. The van der Waals surface area contributed by atoms with Crippen LogP contribution >= 0.6 is 0 Å². The fourth-order valence-electron chi connectivity index (χ4n) is 3.06. The van der Waals surface area contributed by atoms with E-state index in [1.54, 1.807) is 0 Å². The van der Waals surface area contributed by atoms with Gasteiger partial charge in [0.15, 0.2) is 0 Å². The summed E-state index contributed by atoms with van der Waals surface area (Å²) in [6.45, 7) is 2.30. The zero-order chi connectivity index (χ0) is 17.6. The summed E-state index contributed by atoms with van der Waals surface area (Å²) in [5.74, 6) is -0.458. The highest BCUT2D eigenvalue weighted by Gasteiger charge is 2.28. The second-order valence-corrected chi connectivity index (χ2v) is 5.90. The molecule has 0 spiro atoms. The summed E-state index contributed by atoms with van der Waals surface area (Å²) in [7, 11) is 0. The van der Waals surface area contributed by atoms with Crippen molar-refractivity contribution < 1.29 is 19.1 Å². The second-order valence-electron chi connectivity index (χ2n) is 5.90. The first-order valence-electron chi connectivity index (χ1n) is 8.45. The highest BCUT2D eigenvalue weighted by Crippen LogP contribution is 2.44. The van der Waals surface area contributed by atoms with Crippen molar-refractivity contribution in [1.82, 2.24) is 5.32 Å². The number of amides is 1. The molecule has 3 rings (SSSR count). The van der Waals surface area contributed by atoms with E-state index in [1.807, 2.05) is 31.2 Å². The molecule has 0 atom stereocenters. The molecule has 2 aromatic rings. The van der Waals surface area contributed by atoms with Gasteiger partial charge in [0.1, 0.15) is 13.2 Å². The summed E-state index contributed by atoms with van der Waals surface area (Å²) in [6.07, 6.45) is 0.131. The Morgan fingerprint density at radius 2 is 1.56 bits per heavy atom. The average molecular weight is 339 g/mol. The van der Waals surface area contributed by atoms with Gasteiger partial charge >= 0.3 is 12.1 Å². The first-order valence-corrected chi connectivity index (χ1v) is 8.45. The molecule has 0 saturated heterocycles. The van der Waals surface area contributed by atoms with Gasteiger partial charge < -0.3 is 14.8 Å². The highest BCUT2D eigenvalue weighted by atomic mass is 16.6. The monoisotopic (exact) mass is 339 g/mol. The highest BCUT2D eigenvalue weighted by molar-refractivity contribution is 5.80. The molecule has 0 unspecified atom stereocenters. The van der Waals surface area contributed by atoms with Crippen LogP contribution in [0.1, 0.15) is 30.4 Å². The molecular weight excluding hydrogens is 318 g/mol. The molecule has 5 heteroatoms.